The van der Waals surface area contributed by atoms with Gasteiger partial charge < -0.3 is 10.3 Å². The van der Waals surface area contributed by atoms with Crippen LogP contribution in [0.3, 0.4) is 0 Å². The van der Waals surface area contributed by atoms with E-state index in [1.165, 1.54) is 6.33 Å². The average molecular weight is 473 g/mol. The van der Waals surface area contributed by atoms with E-state index in [9.17, 15) is 8.42 Å². The summed E-state index contributed by atoms with van der Waals surface area (Å²) >= 11 is 2.29. The fourth-order valence-corrected chi connectivity index (χ4v) is 7.65. The average Bonchev–Trinajstić information content (AvgIpc) is 3.13. The lowest BCUT2D eigenvalue weighted by atomic mass is 9.79. The Morgan fingerprint density at radius 1 is 1.24 bits per heavy atom. The fourth-order valence-electron chi connectivity index (χ4n) is 4.75. The number of rotatable bonds is 3. The molecule has 2 saturated heterocycles. The van der Waals surface area contributed by atoms with E-state index in [2.05, 4.69) is 48.2 Å². The Balaban J connectivity index is 1.27. The summed E-state index contributed by atoms with van der Waals surface area (Å²) in [6, 6.07) is 0.712. The maximum atomic E-state index is 11.9. The lowest BCUT2D eigenvalue weighted by Crippen LogP contribution is -2.45. The molecule has 0 spiro atoms. The third-order valence-electron chi connectivity index (χ3n) is 6.11. The predicted octanol–water partition coefficient (Wildman–Crippen LogP) is 1.44. The van der Waals surface area contributed by atoms with Gasteiger partial charge in [-0.05, 0) is 47.8 Å². The number of hydrogen-bond donors (Lipinski definition) is 1. The summed E-state index contributed by atoms with van der Waals surface area (Å²) in [6.07, 6.45) is 6.73. The summed E-state index contributed by atoms with van der Waals surface area (Å²) in [5.41, 5.74) is 6.92. The molecule has 1 aliphatic carbocycles. The summed E-state index contributed by atoms with van der Waals surface area (Å²) in [5.74, 6) is 1.55. The van der Waals surface area contributed by atoms with E-state index in [0.29, 0.717) is 23.5 Å². The molecular formula is C16H20IN5O2S. The lowest BCUT2D eigenvalue weighted by molar-refractivity contribution is 0.126. The molecule has 3 fully saturated rings. The number of aromatic nitrogens is 3. The van der Waals surface area contributed by atoms with Crippen LogP contribution < -0.4 is 5.73 Å². The smallest absolute Gasteiger partial charge is 0.156 e. The van der Waals surface area contributed by atoms with Gasteiger partial charge in [0.25, 0.3) is 0 Å². The number of fused-ring (bicyclic) bond motifs is 3. The first kappa shape index (κ1) is 16.2. The summed E-state index contributed by atoms with van der Waals surface area (Å²) in [7, 11) is -2.80. The highest BCUT2D eigenvalue weighted by atomic mass is 127. The van der Waals surface area contributed by atoms with Crippen molar-refractivity contribution in [3.63, 3.8) is 0 Å². The SMILES string of the molecule is Nc1ncnc2c1c(I)cn2C1CC(CN2CC3CC2CS3(=O)=O)C1. The molecule has 5 rings (SSSR count). The Morgan fingerprint density at radius 2 is 2.04 bits per heavy atom. The van der Waals surface area contributed by atoms with Crippen LogP contribution >= 0.6 is 22.6 Å². The molecule has 0 radical (unpaired) electrons. The number of hydrogen-bond acceptors (Lipinski definition) is 6. The van der Waals surface area contributed by atoms with Crippen molar-refractivity contribution in [3.05, 3.63) is 16.1 Å². The van der Waals surface area contributed by atoms with Crippen molar-refractivity contribution in [2.75, 3.05) is 24.6 Å². The molecule has 2 unspecified atom stereocenters. The standard InChI is InChI=1S/C16H20IN5O2S/c17-13-6-22(16-14(13)15(18)19-8-20-16)10-1-9(2-10)4-21-5-12-3-11(21)7-25(12,23)24/h6,8-12H,1-5,7H2,(H2,18,19,20). The first-order chi connectivity index (χ1) is 11.9. The van der Waals surface area contributed by atoms with Crippen LogP contribution in [0.1, 0.15) is 25.3 Å². The number of halogens is 1. The molecule has 2 atom stereocenters. The maximum absolute atomic E-state index is 11.9. The number of sulfone groups is 1. The monoisotopic (exact) mass is 473 g/mol. The minimum atomic E-state index is -2.80. The number of anilines is 1. The van der Waals surface area contributed by atoms with E-state index in [1.807, 2.05) is 0 Å². The molecule has 7 nitrogen and oxygen atoms in total. The fraction of sp³-hybridized carbons (Fsp3) is 0.625. The Labute approximate surface area is 160 Å². The van der Waals surface area contributed by atoms with Crippen LogP contribution in [0.4, 0.5) is 5.82 Å². The van der Waals surface area contributed by atoms with E-state index in [4.69, 9.17) is 5.73 Å². The summed E-state index contributed by atoms with van der Waals surface area (Å²) in [5, 5.41) is 0.844. The topological polar surface area (TPSA) is 94.1 Å². The number of nitrogen functional groups attached to an aromatic ring is 1. The van der Waals surface area contributed by atoms with Crippen molar-refractivity contribution in [1.82, 2.24) is 19.4 Å². The highest BCUT2D eigenvalue weighted by Crippen LogP contribution is 2.43. The quantitative estimate of drug-likeness (QED) is 0.679. The summed E-state index contributed by atoms with van der Waals surface area (Å²) < 4.78 is 27.1. The van der Waals surface area contributed by atoms with Gasteiger partial charge in [-0.3, -0.25) is 4.90 Å². The van der Waals surface area contributed by atoms with Crippen molar-refractivity contribution in [2.24, 2.45) is 5.92 Å². The minimum absolute atomic E-state index is 0.108. The van der Waals surface area contributed by atoms with Gasteiger partial charge in [0.05, 0.1) is 16.4 Å². The molecule has 3 aliphatic rings. The van der Waals surface area contributed by atoms with Crippen molar-refractivity contribution in [1.29, 1.82) is 0 Å². The van der Waals surface area contributed by atoms with Crippen molar-refractivity contribution in [2.45, 2.75) is 36.6 Å². The minimum Gasteiger partial charge on any atom is -0.383 e. The number of nitrogens with two attached hydrogens (primary N) is 1. The maximum Gasteiger partial charge on any atom is 0.156 e. The second-order valence-electron chi connectivity index (χ2n) is 7.63. The highest BCUT2D eigenvalue weighted by molar-refractivity contribution is 14.1. The van der Waals surface area contributed by atoms with Crippen LogP contribution in [0.2, 0.25) is 0 Å². The van der Waals surface area contributed by atoms with Crippen LogP contribution in [0, 0.1) is 9.49 Å². The second-order valence-corrected chi connectivity index (χ2v) is 11.1. The van der Waals surface area contributed by atoms with Crippen LogP contribution in [-0.4, -0.2) is 58.0 Å². The Morgan fingerprint density at radius 3 is 2.72 bits per heavy atom. The molecule has 9 heteroatoms. The van der Waals surface area contributed by atoms with Gasteiger partial charge in [0, 0.05) is 34.9 Å². The van der Waals surface area contributed by atoms with E-state index in [1.54, 1.807) is 0 Å². The lowest BCUT2D eigenvalue weighted by Gasteiger charge is -2.40. The van der Waals surface area contributed by atoms with E-state index in [0.717, 1.165) is 47.0 Å². The first-order valence-corrected chi connectivity index (χ1v) is 11.4. The molecule has 2 bridgehead atoms. The van der Waals surface area contributed by atoms with Gasteiger partial charge in [-0.1, -0.05) is 0 Å². The van der Waals surface area contributed by atoms with Crippen LogP contribution in [0.25, 0.3) is 11.0 Å². The van der Waals surface area contributed by atoms with Gasteiger partial charge in [-0.15, -0.1) is 0 Å². The molecule has 2 aromatic heterocycles. The van der Waals surface area contributed by atoms with E-state index in [-0.39, 0.29) is 11.3 Å². The Hall–Kier alpha value is -0.940. The van der Waals surface area contributed by atoms with Crippen molar-refractivity contribution >= 4 is 49.3 Å². The first-order valence-electron chi connectivity index (χ1n) is 8.64. The molecule has 1 saturated carbocycles. The van der Waals surface area contributed by atoms with Gasteiger partial charge in [0.1, 0.15) is 17.8 Å². The largest absolute Gasteiger partial charge is 0.383 e. The molecule has 2 aromatic rings. The predicted molar refractivity (Wildman–Crippen MR) is 104 cm³/mol. The third kappa shape index (κ3) is 2.49. The highest BCUT2D eigenvalue weighted by Gasteiger charge is 2.49. The van der Waals surface area contributed by atoms with Crippen LogP contribution in [0.5, 0.6) is 0 Å². The molecular weight excluding hydrogens is 453 g/mol. The van der Waals surface area contributed by atoms with E-state index < -0.39 is 9.84 Å². The van der Waals surface area contributed by atoms with Gasteiger partial charge in [-0.25, -0.2) is 18.4 Å². The van der Waals surface area contributed by atoms with Crippen molar-refractivity contribution in [3.8, 4) is 0 Å². The molecule has 0 aromatic carbocycles. The zero-order valence-electron chi connectivity index (χ0n) is 13.7. The molecule has 25 heavy (non-hydrogen) atoms. The van der Waals surface area contributed by atoms with Gasteiger partial charge in [-0.2, -0.15) is 0 Å². The van der Waals surface area contributed by atoms with Gasteiger partial charge in [0.2, 0.25) is 0 Å². The zero-order chi connectivity index (χ0) is 17.3. The second kappa shape index (κ2) is 5.53. The third-order valence-corrected chi connectivity index (χ3v) is 9.14. The summed E-state index contributed by atoms with van der Waals surface area (Å²) in [4.78, 5) is 10.9. The number of nitrogens with zero attached hydrogens (tertiary/aromatic N) is 4. The molecule has 4 heterocycles. The molecule has 134 valence electrons. The zero-order valence-corrected chi connectivity index (χ0v) is 16.6. The molecule has 2 aliphatic heterocycles. The summed E-state index contributed by atoms with van der Waals surface area (Å²) in [6.45, 7) is 1.77. The molecule has 0 amide bonds. The normalized spacial score (nSPS) is 33.8. The van der Waals surface area contributed by atoms with Crippen LogP contribution in [-0.2, 0) is 9.84 Å². The van der Waals surface area contributed by atoms with Gasteiger partial charge in [0.15, 0.2) is 9.84 Å². The Bertz CT molecular complexity index is 953. The van der Waals surface area contributed by atoms with Crippen molar-refractivity contribution < 1.29 is 8.42 Å². The van der Waals surface area contributed by atoms with Gasteiger partial charge >= 0.3 is 0 Å². The van der Waals surface area contributed by atoms with E-state index >= 15 is 0 Å². The number of likely N-dealkylation sites (tertiary alicyclic amines) is 1. The van der Waals surface area contributed by atoms with Crippen LogP contribution in [0.15, 0.2) is 12.5 Å². The molecule has 2 N–H and O–H groups in total. The Kier molecular flexibility index (Phi) is 3.59.